The van der Waals surface area contributed by atoms with Crippen molar-refractivity contribution in [1.82, 2.24) is 15.1 Å². The number of nitrogens with one attached hydrogen (secondary N) is 2. The zero-order chi connectivity index (χ0) is 23.3. The molecule has 2 aromatic rings. The lowest BCUT2D eigenvalue weighted by atomic mass is 10.1. The molecule has 2 amide bonds. The summed E-state index contributed by atoms with van der Waals surface area (Å²) in [6.45, 7) is 0.348. The maximum atomic E-state index is 13.3. The molecule has 0 spiro atoms. The minimum atomic E-state index is -4.11. The minimum absolute atomic E-state index is 0.155. The molecule has 11 heteroatoms. The summed E-state index contributed by atoms with van der Waals surface area (Å²) in [5.41, 5.74) is 0.862. The lowest BCUT2D eigenvalue weighted by Crippen LogP contribution is -2.42. The Bertz CT molecular complexity index is 1080. The molecule has 0 atom stereocenters. The molecular formula is C21H25N3O7S. The Labute approximate surface area is 186 Å². The summed E-state index contributed by atoms with van der Waals surface area (Å²) in [6.07, 6.45) is 0.719. The number of benzene rings is 2. The Morgan fingerprint density at radius 1 is 1.03 bits per heavy atom. The van der Waals surface area contributed by atoms with Crippen LogP contribution in [0.5, 0.6) is 11.5 Å². The Balaban J connectivity index is 1.79. The van der Waals surface area contributed by atoms with Gasteiger partial charge in [-0.2, -0.15) is 4.31 Å². The van der Waals surface area contributed by atoms with Crippen molar-refractivity contribution < 1.29 is 32.7 Å². The van der Waals surface area contributed by atoms with Crippen LogP contribution in [0.3, 0.4) is 0 Å². The molecule has 0 radical (unpaired) electrons. The third-order valence-electron chi connectivity index (χ3n) is 5.21. The maximum absolute atomic E-state index is 13.3. The summed E-state index contributed by atoms with van der Waals surface area (Å²) in [5.74, 6) is -0.361. The first-order chi connectivity index (χ1) is 15.3. The van der Waals surface area contributed by atoms with Crippen LogP contribution in [0, 0.1) is 0 Å². The molecule has 1 aliphatic heterocycles. The van der Waals surface area contributed by atoms with E-state index in [-0.39, 0.29) is 29.7 Å². The second kappa shape index (κ2) is 9.98. The fourth-order valence-corrected chi connectivity index (χ4v) is 5.22. The molecule has 1 heterocycles. The van der Waals surface area contributed by atoms with Gasteiger partial charge in [0, 0.05) is 20.1 Å². The van der Waals surface area contributed by atoms with Crippen LogP contribution in [-0.4, -0.2) is 63.1 Å². The highest BCUT2D eigenvalue weighted by Gasteiger charge is 2.34. The number of piperidine rings is 1. The van der Waals surface area contributed by atoms with Gasteiger partial charge in [-0.3, -0.25) is 14.8 Å². The summed E-state index contributed by atoms with van der Waals surface area (Å²) in [7, 11) is -1.17. The molecule has 2 aromatic carbocycles. The first-order valence-electron chi connectivity index (χ1n) is 9.92. The molecule has 172 valence electrons. The minimum Gasteiger partial charge on any atom is -0.497 e. The van der Waals surface area contributed by atoms with Crippen LogP contribution in [0.1, 0.15) is 33.6 Å². The number of carbonyl (C=O) groups excluding carboxylic acids is 2. The van der Waals surface area contributed by atoms with Gasteiger partial charge < -0.3 is 14.8 Å². The van der Waals surface area contributed by atoms with Gasteiger partial charge in [0.15, 0.2) is 0 Å². The van der Waals surface area contributed by atoms with Crippen LogP contribution < -0.4 is 20.3 Å². The largest absolute Gasteiger partial charge is 0.497 e. The average Bonchev–Trinajstić information content (AvgIpc) is 2.83. The number of hydroxylamine groups is 1. The van der Waals surface area contributed by atoms with Crippen molar-refractivity contribution in [2.24, 2.45) is 0 Å². The average molecular weight is 464 g/mol. The van der Waals surface area contributed by atoms with E-state index in [4.69, 9.17) is 14.7 Å². The molecule has 3 N–H and O–H groups in total. The third-order valence-corrected chi connectivity index (χ3v) is 7.15. The van der Waals surface area contributed by atoms with Gasteiger partial charge in [0.1, 0.15) is 17.6 Å². The standard InChI is InChI=1S/C21H25N3O7S/c1-22-20(25)17-4-3-5-18(19(17)21(26)23-27)32(28,29)24-12-10-16(11-13-24)31-15-8-6-14(30-2)7-9-15/h3-9,16,27H,10-13H2,1-2H3,(H,22,25)(H,23,26). The molecule has 0 unspecified atom stereocenters. The summed E-state index contributed by atoms with van der Waals surface area (Å²) in [5, 5.41) is 11.5. The van der Waals surface area contributed by atoms with E-state index in [1.165, 1.54) is 35.0 Å². The van der Waals surface area contributed by atoms with Gasteiger partial charge in [0.05, 0.1) is 23.1 Å². The topological polar surface area (TPSA) is 134 Å². The van der Waals surface area contributed by atoms with Crippen molar-refractivity contribution in [3.8, 4) is 11.5 Å². The summed E-state index contributed by atoms with van der Waals surface area (Å²) >= 11 is 0. The number of nitrogens with zero attached hydrogens (tertiary/aromatic N) is 1. The van der Waals surface area contributed by atoms with Gasteiger partial charge in [-0.25, -0.2) is 13.9 Å². The molecule has 1 fully saturated rings. The zero-order valence-electron chi connectivity index (χ0n) is 17.7. The SMILES string of the molecule is CNC(=O)c1cccc(S(=O)(=O)N2CCC(Oc3ccc(OC)cc3)CC2)c1C(=O)NO. The van der Waals surface area contributed by atoms with Gasteiger partial charge in [-0.1, -0.05) is 6.07 Å². The van der Waals surface area contributed by atoms with Crippen molar-refractivity contribution in [3.63, 3.8) is 0 Å². The predicted molar refractivity (Wildman–Crippen MR) is 114 cm³/mol. The van der Waals surface area contributed by atoms with E-state index < -0.39 is 27.4 Å². The summed E-state index contributed by atoms with van der Waals surface area (Å²) < 4.78 is 38.9. The van der Waals surface area contributed by atoms with E-state index in [0.29, 0.717) is 24.3 Å². The van der Waals surface area contributed by atoms with Crippen molar-refractivity contribution in [2.45, 2.75) is 23.8 Å². The number of carbonyl (C=O) groups is 2. The van der Waals surface area contributed by atoms with E-state index in [1.807, 2.05) is 0 Å². The fourth-order valence-electron chi connectivity index (χ4n) is 3.54. The van der Waals surface area contributed by atoms with E-state index in [1.54, 1.807) is 31.4 Å². The first kappa shape index (κ1) is 23.5. The Morgan fingerprint density at radius 2 is 1.66 bits per heavy atom. The zero-order valence-corrected chi connectivity index (χ0v) is 18.5. The van der Waals surface area contributed by atoms with E-state index in [0.717, 1.165) is 0 Å². The number of hydrogen-bond donors (Lipinski definition) is 3. The van der Waals surface area contributed by atoms with Crippen molar-refractivity contribution >= 4 is 21.8 Å². The highest BCUT2D eigenvalue weighted by Crippen LogP contribution is 2.28. The van der Waals surface area contributed by atoms with Gasteiger partial charge in [-0.05, 0) is 49.2 Å². The molecule has 0 aliphatic carbocycles. The lowest BCUT2D eigenvalue weighted by molar-refractivity contribution is 0.0697. The number of ether oxygens (including phenoxy) is 2. The van der Waals surface area contributed by atoms with Crippen LogP contribution >= 0.6 is 0 Å². The number of methoxy groups -OCH3 is 1. The molecule has 1 saturated heterocycles. The predicted octanol–water partition coefficient (Wildman–Crippen LogP) is 1.41. The van der Waals surface area contributed by atoms with Gasteiger partial charge >= 0.3 is 0 Å². The molecule has 0 aromatic heterocycles. The van der Waals surface area contributed by atoms with Crippen LogP contribution in [0.4, 0.5) is 0 Å². The van der Waals surface area contributed by atoms with Crippen LogP contribution in [0.2, 0.25) is 0 Å². The van der Waals surface area contributed by atoms with Crippen molar-refractivity contribution in [1.29, 1.82) is 0 Å². The summed E-state index contributed by atoms with van der Waals surface area (Å²) in [4.78, 5) is 24.1. The van der Waals surface area contributed by atoms with Crippen LogP contribution in [0.15, 0.2) is 47.4 Å². The highest BCUT2D eigenvalue weighted by molar-refractivity contribution is 7.89. The molecule has 0 bridgehead atoms. The van der Waals surface area contributed by atoms with E-state index in [9.17, 15) is 18.0 Å². The molecule has 0 saturated carbocycles. The van der Waals surface area contributed by atoms with Gasteiger partial charge in [0.2, 0.25) is 10.0 Å². The van der Waals surface area contributed by atoms with Gasteiger partial charge in [0.25, 0.3) is 11.8 Å². The van der Waals surface area contributed by atoms with Crippen molar-refractivity contribution in [2.75, 3.05) is 27.2 Å². The van der Waals surface area contributed by atoms with Crippen molar-refractivity contribution in [3.05, 3.63) is 53.6 Å². The van der Waals surface area contributed by atoms with E-state index >= 15 is 0 Å². The smallest absolute Gasteiger partial charge is 0.276 e. The number of sulfonamides is 1. The first-order valence-corrected chi connectivity index (χ1v) is 11.4. The maximum Gasteiger partial charge on any atom is 0.276 e. The highest BCUT2D eigenvalue weighted by atomic mass is 32.2. The second-order valence-electron chi connectivity index (χ2n) is 7.10. The van der Waals surface area contributed by atoms with Gasteiger partial charge in [-0.15, -0.1) is 0 Å². The molecule has 1 aliphatic rings. The molecule has 10 nitrogen and oxygen atoms in total. The molecule has 32 heavy (non-hydrogen) atoms. The molecule has 3 rings (SSSR count). The Morgan fingerprint density at radius 3 is 2.22 bits per heavy atom. The second-order valence-corrected chi connectivity index (χ2v) is 9.00. The Kier molecular flexibility index (Phi) is 7.33. The fraction of sp³-hybridized carbons (Fsp3) is 0.333. The normalized spacial score (nSPS) is 15.1. The summed E-state index contributed by atoms with van der Waals surface area (Å²) in [6, 6.07) is 11.1. The number of rotatable bonds is 7. The van der Waals surface area contributed by atoms with E-state index in [2.05, 4.69) is 5.32 Å². The Hall–Kier alpha value is -3.15. The third kappa shape index (κ3) is 4.85. The quantitative estimate of drug-likeness (QED) is 0.417. The molecular weight excluding hydrogens is 438 g/mol. The van der Waals surface area contributed by atoms with Crippen LogP contribution in [0.25, 0.3) is 0 Å². The monoisotopic (exact) mass is 463 g/mol. The number of amides is 2. The lowest BCUT2D eigenvalue weighted by Gasteiger charge is -2.32. The van der Waals surface area contributed by atoms with Crippen LogP contribution in [-0.2, 0) is 10.0 Å². The number of hydrogen-bond acceptors (Lipinski definition) is 7.